The lowest BCUT2D eigenvalue weighted by atomic mass is 10.0. The highest BCUT2D eigenvalue weighted by molar-refractivity contribution is 9.10. The average Bonchev–Trinajstić information content (AvgIpc) is 2.49. The molecule has 22 heavy (non-hydrogen) atoms. The Morgan fingerprint density at radius 2 is 2.14 bits per heavy atom. The average molecular weight is 371 g/mol. The van der Waals surface area contributed by atoms with E-state index in [0.717, 1.165) is 25.9 Å². The highest BCUT2D eigenvalue weighted by Gasteiger charge is 2.24. The smallest absolute Gasteiger partial charge is 0.284 e. The van der Waals surface area contributed by atoms with Crippen molar-refractivity contribution in [3.8, 4) is 0 Å². The van der Waals surface area contributed by atoms with Crippen LogP contribution in [0.4, 0.5) is 5.69 Å². The van der Waals surface area contributed by atoms with E-state index in [0.29, 0.717) is 10.0 Å². The maximum Gasteiger partial charge on any atom is 0.284 e. The Morgan fingerprint density at radius 1 is 1.45 bits per heavy atom. The van der Waals surface area contributed by atoms with E-state index in [1.165, 1.54) is 19.0 Å². The number of quaternary nitrogens is 1. The van der Waals surface area contributed by atoms with E-state index in [4.69, 9.17) is 0 Å². The number of benzene rings is 1. The van der Waals surface area contributed by atoms with Gasteiger partial charge < -0.3 is 10.2 Å². The van der Waals surface area contributed by atoms with Crippen LogP contribution in [-0.2, 0) is 0 Å². The van der Waals surface area contributed by atoms with Crippen LogP contribution in [0.3, 0.4) is 0 Å². The molecule has 1 aromatic carbocycles. The number of nitro groups is 1. The summed E-state index contributed by atoms with van der Waals surface area (Å²) in [5.41, 5.74) is 0.244. The van der Waals surface area contributed by atoms with E-state index in [-0.39, 0.29) is 17.6 Å². The molecule has 0 spiro atoms. The van der Waals surface area contributed by atoms with Gasteiger partial charge in [-0.05, 0) is 34.5 Å². The van der Waals surface area contributed by atoms with Gasteiger partial charge in [0.25, 0.3) is 11.6 Å². The molecule has 1 aromatic rings. The lowest BCUT2D eigenvalue weighted by Crippen LogP contribution is -3.13. The largest absolute Gasteiger partial charge is 0.349 e. The number of nitrogens with one attached hydrogen (secondary N) is 2. The summed E-state index contributed by atoms with van der Waals surface area (Å²) >= 11 is 3.12. The number of likely N-dealkylation sites (tertiary alicyclic amines) is 1. The minimum absolute atomic E-state index is 0.0881. The summed E-state index contributed by atoms with van der Waals surface area (Å²) in [6.07, 6.45) is 3.09. The summed E-state index contributed by atoms with van der Waals surface area (Å²) in [6, 6.07) is 4.62. The number of halogens is 1. The molecule has 0 aromatic heterocycles. The van der Waals surface area contributed by atoms with E-state index in [1.807, 2.05) is 0 Å². The first-order valence-electron chi connectivity index (χ1n) is 7.59. The molecule has 0 bridgehead atoms. The van der Waals surface area contributed by atoms with Crippen LogP contribution in [0.15, 0.2) is 22.7 Å². The summed E-state index contributed by atoms with van der Waals surface area (Å²) in [4.78, 5) is 24.3. The van der Waals surface area contributed by atoms with Crippen molar-refractivity contribution in [1.29, 1.82) is 0 Å². The maximum absolute atomic E-state index is 12.3. The lowest BCUT2D eigenvalue weighted by Gasteiger charge is -2.29. The molecular weight excluding hydrogens is 350 g/mol. The third kappa shape index (κ3) is 4.27. The molecule has 1 saturated heterocycles. The molecule has 1 amide bonds. The first-order chi connectivity index (χ1) is 10.5. The zero-order valence-corrected chi connectivity index (χ0v) is 14.2. The van der Waals surface area contributed by atoms with Gasteiger partial charge in [-0.3, -0.25) is 14.9 Å². The normalized spacial score (nSPS) is 21.4. The molecule has 120 valence electrons. The molecule has 0 radical (unpaired) electrons. The quantitative estimate of drug-likeness (QED) is 0.609. The minimum Gasteiger partial charge on any atom is -0.349 e. The van der Waals surface area contributed by atoms with Crippen LogP contribution < -0.4 is 10.2 Å². The number of hydrogen-bond acceptors (Lipinski definition) is 3. The van der Waals surface area contributed by atoms with Crippen molar-refractivity contribution in [2.24, 2.45) is 0 Å². The van der Waals surface area contributed by atoms with Gasteiger partial charge in [0.15, 0.2) is 0 Å². The molecule has 1 aliphatic rings. The van der Waals surface area contributed by atoms with E-state index < -0.39 is 4.92 Å². The van der Waals surface area contributed by atoms with Gasteiger partial charge in [0.1, 0.15) is 0 Å². The van der Waals surface area contributed by atoms with E-state index >= 15 is 0 Å². The molecule has 2 rings (SSSR count). The molecule has 2 N–H and O–H groups in total. The maximum atomic E-state index is 12.3. The van der Waals surface area contributed by atoms with Gasteiger partial charge >= 0.3 is 0 Å². The fourth-order valence-corrected chi connectivity index (χ4v) is 3.23. The minimum atomic E-state index is -0.493. The van der Waals surface area contributed by atoms with Crippen molar-refractivity contribution >= 4 is 27.5 Å². The molecule has 0 saturated carbocycles. The van der Waals surface area contributed by atoms with Gasteiger partial charge in [-0.25, -0.2) is 0 Å². The Kier molecular flexibility index (Phi) is 5.90. The summed E-state index contributed by atoms with van der Waals surface area (Å²) in [6.45, 7) is 5.50. The van der Waals surface area contributed by atoms with Gasteiger partial charge in [0.2, 0.25) is 0 Å². The van der Waals surface area contributed by atoms with Crippen LogP contribution in [0, 0.1) is 10.1 Å². The molecule has 1 fully saturated rings. The molecule has 7 heteroatoms. The third-order valence-electron chi connectivity index (χ3n) is 4.04. The molecule has 1 heterocycles. The molecule has 1 aliphatic heterocycles. The number of rotatable bonds is 5. The van der Waals surface area contributed by atoms with Gasteiger partial charge in [0, 0.05) is 30.5 Å². The van der Waals surface area contributed by atoms with Crippen molar-refractivity contribution in [3.05, 3.63) is 38.3 Å². The van der Waals surface area contributed by atoms with Crippen molar-refractivity contribution in [2.45, 2.75) is 32.2 Å². The number of nitrogens with zero attached hydrogens (tertiary/aromatic N) is 1. The number of amides is 1. The zero-order valence-electron chi connectivity index (χ0n) is 12.6. The Balaban J connectivity index is 1.96. The summed E-state index contributed by atoms with van der Waals surface area (Å²) < 4.78 is 0.380. The Bertz CT molecular complexity index is 557. The number of hydrogen-bond donors (Lipinski definition) is 2. The molecule has 6 nitrogen and oxygen atoms in total. The second kappa shape index (κ2) is 7.69. The van der Waals surface area contributed by atoms with Gasteiger partial charge in [-0.2, -0.15) is 0 Å². The van der Waals surface area contributed by atoms with Gasteiger partial charge in [-0.15, -0.1) is 0 Å². The lowest BCUT2D eigenvalue weighted by molar-refractivity contribution is -0.905. The van der Waals surface area contributed by atoms with Crippen LogP contribution in [0.1, 0.15) is 36.5 Å². The summed E-state index contributed by atoms with van der Waals surface area (Å²) in [7, 11) is 0. The SMILES string of the molecule is CCC[NH+]1CCC(NC(=O)c2ccc(Br)c([N+](=O)[O-])c2)CC1. The summed E-state index contributed by atoms with van der Waals surface area (Å²) in [5, 5.41) is 13.9. The second-order valence-electron chi connectivity index (χ2n) is 5.67. The molecule has 0 atom stereocenters. The van der Waals surface area contributed by atoms with E-state index in [1.54, 1.807) is 17.0 Å². The Hall–Kier alpha value is -1.47. The van der Waals surface area contributed by atoms with Crippen LogP contribution in [0.2, 0.25) is 0 Å². The van der Waals surface area contributed by atoms with Crippen molar-refractivity contribution in [1.82, 2.24) is 5.32 Å². The molecular formula is C15H21BrN3O3+. The topological polar surface area (TPSA) is 76.7 Å². The third-order valence-corrected chi connectivity index (χ3v) is 4.71. The predicted molar refractivity (Wildman–Crippen MR) is 87.1 cm³/mol. The highest BCUT2D eigenvalue weighted by atomic mass is 79.9. The fraction of sp³-hybridized carbons (Fsp3) is 0.533. The van der Waals surface area contributed by atoms with Crippen LogP contribution >= 0.6 is 15.9 Å². The van der Waals surface area contributed by atoms with E-state index in [2.05, 4.69) is 28.2 Å². The Morgan fingerprint density at radius 3 is 2.73 bits per heavy atom. The van der Waals surface area contributed by atoms with E-state index in [9.17, 15) is 14.9 Å². The highest BCUT2D eigenvalue weighted by Crippen LogP contribution is 2.25. The number of carbonyl (C=O) groups is 1. The van der Waals surface area contributed by atoms with Crippen LogP contribution in [0.25, 0.3) is 0 Å². The molecule has 0 unspecified atom stereocenters. The number of carbonyl (C=O) groups excluding carboxylic acids is 1. The Labute approximate surface area is 138 Å². The van der Waals surface area contributed by atoms with Crippen LogP contribution in [-0.4, -0.2) is 36.5 Å². The number of nitro benzene ring substituents is 1. The second-order valence-corrected chi connectivity index (χ2v) is 6.53. The number of piperidine rings is 1. The first-order valence-corrected chi connectivity index (χ1v) is 8.39. The van der Waals surface area contributed by atoms with Gasteiger partial charge in [-0.1, -0.05) is 6.92 Å². The fourth-order valence-electron chi connectivity index (χ4n) is 2.84. The van der Waals surface area contributed by atoms with Gasteiger partial charge in [0.05, 0.1) is 29.0 Å². The van der Waals surface area contributed by atoms with Crippen molar-refractivity contribution in [2.75, 3.05) is 19.6 Å². The van der Waals surface area contributed by atoms with Crippen molar-refractivity contribution < 1.29 is 14.6 Å². The predicted octanol–water partition coefficient (Wildman–Crippen LogP) is 1.54. The monoisotopic (exact) mass is 370 g/mol. The summed E-state index contributed by atoms with van der Waals surface area (Å²) in [5.74, 6) is -0.237. The standard InChI is InChI=1S/C15H20BrN3O3/c1-2-7-18-8-5-12(6-9-18)17-15(20)11-3-4-13(16)14(10-11)19(21)22/h3-4,10,12H,2,5-9H2,1H3,(H,17,20)/p+1. The van der Waals surface area contributed by atoms with Crippen LogP contribution in [0.5, 0.6) is 0 Å². The zero-order chi connectivity index (χ0) is 16.1. The molecule has 0 aliphatic carbocycles. The van der Waals surface area contributed by atoms with Crippen molar-refractivity contribution in [3.63, 3.8) is 0 Å². The first kappa shape index (κ1) is 16.9.